The Kier molecular flexibility index (Phi) is 8.83. The number of likely N-dealkylation sites (N-methyl/N-ethyl adjacent to an activating group) is 1. The Labute approximate surface area is 184 Å². The minimum Gasteiger partial charge on any atom is -0.462 e. The van der Waals surface area contributed by atoms with Crippen LogP contribution in [0.1, 0.15) is 5.56 Å². The van der Waals surface area contributed by atoms with Crippen molar-refractivity contribution < 1.29 is 32.2 Å². The van der Waals surface area contributed by atoms with Gasteiger partial charge in [-0.05, 0) is 36.4 Å². The summed E-state index contributed by atoms with van der Waals surface area (Å²) in [6.45, 7) is 1.92. The van der Waals surface area contributed by atoms with Gasteiger partial charge in [-0.1, -0.05) is 6.07 Å². The lowest BCUT2D eigenvalue weighted by atomic mass is 10.1. The Morgan fingerprint density at radius 1 is 1.22 bits per heavy atom. The van der Waals surface area contributed by atoms with Crippen molar-refractivity contribution in [3.63, 3.8) is 0 Å². The molecule has 32 heavy (non-hydrogen) atoms. The van der Waals surface area contributed by atoms with Crippen molar-refractivity contribution in [2.75, 3.05) is 46.4 Å². The highest BCUT2D eigenvalue weighted by Gasteiger charge is 2.19. The van der Waals surface area contributed by atoms with E-state index in [1.165, 1.54) is 12.1 Å². The summed E-state index contributed by atoms with van der Waals surface area (Å²) in [4.78, 5) is 19.4. The maximum absolute atomic E-state index is 13.7. The van der Waals surface area contributed by atoms with E-state index >= 15 is 0 Å². The van der Waals surface area contributed by atoms with Crippen LogP contribution in [0.3, 0.4) is 0 Å². The highest BCUT2D eigenvalue weighted by Crippen LogP contribution is 2.28. The summed E-state index contributed by atoms with van der Waals surface area (Å²) in [6, 6.07) is 5.63. The van der Waals surface area contributed by atoms with Crippen LogP contribution in [-0.4, -0.2) is 80.4 Å². The fourth-order valence-corrected chi connectivity index (χ4v) is 3.62. The molecule has 1 aromatic carbocycles. The number of rotatable bonds is 11. The Balaban J connectivity index is 1.65. The standard InChI is InChI=1S/C22H26F3N3O4/c1-27(13-19(31-15-29)14-28-4-6-30-7-5-28)12-16-8-18(11-26-10-16)17-2-3-20(23)21(9-17)32-22(24)25/h2-3,8-11,15,19,22H,4-7,12-14H2,1H3. The number of aromatic nitrogens is 1. The van der Waals surface area contributed by atoms with Crippen LogP contribution >= 0.6 is 0 Å². The third-order valence-electron chi connectivity index (χ3n) is 5.06. The van der Waals surface area contributed by atoms with E-state index in [2.05, 4.69) is 14.6 Å². The zero-order valence-corrected chi connectivity index (χ0v) is 17.8. The molecule has 0 bridgehead atoms. The SMILES string of the molecule is CN(Cc1cncc(-c2ccc(F)c(OC(F)F)c2)c1)CC(CN1CCOCC1)OC=O. The number of ether oxygens (including phenoxy) is 3. The fourth-order valence-electron chi connectivity index (χ4n) is 3.62. The molecule has 10 heteroatoms. The molecule has 0 N–H and O–H groups in total. The molecule has 1 aliphatic heterocycles. The Bertz CT molecular complexity index is 881. The molecule has 1 unspecified atom stereocenters. The van der Waals surface area contributed by atoms with Crippen molar-refractivity contribution in [2.45, 2.75) is 19.3 Å². The minimum atomic E-state index is -3.11. The Hall–Kier alpha value is -2.69. The Morgan fingerprint density at radius 2 is 2.00 bits per heavy atom. The van der Waals surface area contributed by atoms with E-state index in [1.54, 1.807) is 12.4 Å². The van der Waals surface area contributed by atoms with Crippen molar-refractivity contribution in [2.24, 2.45) is 0 Å². The summed E-state index contributed by atoms with van der Waals surface area (Å²) in [5, 5.41) is 0. The highest BCUT2D eigenvalue weighted by molar-refractivity contribution is 5.65. The summed E-state index contributed by atoms with van der Waals surface area (Å²) in [6.07, 6.45) is 2.97. The zero-order chi connectivity index (χ0) is 22.9. The van der Waals surface area contributed by atoms with Crippen molar-refractivity contribution >= 4 is 6.47 Å². The summed E-state index contributed by atoms with van der Waals surface area (Å²) >= 11 is 0. The lowest BCUT2D eigenvalue weighted by Crippen LogP contribution is -2.44. The first-order valence-electron chi connectivity index (χ1n) is 10.2. The lowest BCUT2D eigenvalue weighted by molar-refractivity contribution is -0.135. The molecule has 1 atom stereocenters. The molecule has 7 nitrogen and oxygen atoms in total. The molecule has 1 saturated heterocycles. The van der Waals surface area contributed by atoms with E-state index in [-0.39, 0.29) is 6.10 Å². The van der Waals surface area contributed by atoms with Crippen LogP contribution in [-0.2, 0) is 20.8 Å². The molecule has 0 aliphatic carbocycles. The number of carbonyl (C=O) groups is 1. The van der Waals surface area contributed by atoms with Gasteiger partial charge in [-0.3, -0.25) is 19.6 Å². The molecule has 0 saturated carbocycles. The van der Waals surface area contributed by atoms with E-state index in [9.17, 15) is 18.0 Å². The molecule has 2 heterocycles. The van der Waals surface area contributed by atoms with Crippen LogP contribution in [0.15, 0.2) is 36.7 Å². The number of benzene rings is 1. The maximum atomic E-state index is 13.7. The Morgan fingerprint density at radius 3 is 2.72 bits per heavy atom. The summed E-state index contributed by atoms with van der Waals surface area (Å²) < 4.78 is 53.6. The second kappa shape index (κ2) is 11.8. The van der Waals surface area contributed by atoms with Crippen LogP contribution in [0.2, 0.25) is 0 Å². The van der Waals surface area contributed by atoms with E-state index in [0.29, 0.717) is 50.4 Å². The summed E-state index contributed by atoms with van der Waals surface area (Å²) in [5.41, 5.74) is 2.01. The van der Waals surface area contributed by atoms with Crippen molar-refractivity contribution in [3.05, 3.63) is 48.0 Å². The predicted octanol–water partition coefficient (Wildman–Crippen LogP) is 2.79. The first-order chi connectivity index (χ1) is 15.4. The average molecular weight is 453 g/mol. The van der Waals surface area contributed by atoms with Gasteiger partial charge in [0.05, 0.1) is 13.2 Å². The van der Waals surface area contributed by atoms with Crippen molar-refractivity contribution in [1.29, 1.82) is 0 Å². The van der Waals surface area contributed by atoms with Crippen LogP contribution in [0, 0.1) is 5.82 Å². The molecule has 3 rings (SSSR count). The summed E-state index contributed by atoms with van der Waals surface area (Å²) in [5.74, 6) is -1.38. The van der Waals surface area contributed by atoms with E-state index in [1.807, 2.05) is 18.0 Å². The second-order valence-corrected chi connectivity index (χ2v) is 7.57. The average Bonchev–Trinajstić information content (AvgIpc) is 2.76. The van der Waals surface area contributed by atoms with Gasteiger partial charge >= 0.3 is 6.61 Å². The van der Waals surface area contributed by atoms with Gasteiger partial charge in [-0.25, -0.2) is 4.39 Å². The van der Waals surface area contributed by atoms with Crippen LogP contribution in [0.5, 0.6) is 5.75 Å². The summed E-state index contributed by atoms with van der Waals surface area (Å²) in [7, 11) is 1.90. The highest BCUT2D eigenvalue weighted by atomic mass is 19.3. The van der Waals surface area contributed by atoms with Gasteiger partial charge in [0.1, 0.15) is 6.10 Å². The number of hydrogen-bond acceptors (Lipinski definition) is 7. The van der Waals surface area contributed by atoms with Crippen LogP contribution < -0.4 is 4.74 Å². The molecule has 174 valence electrons. The molecule has 2 aromatic rings. The third kappa shape index (κ3) is 7.18. The normalized spacial score (nSPS) is 15.7. The first-order valence-corrected chi connectivity index (χ1v) is 10.2. The quantitative estimate of drug-likeness (QED) is 0.485. The van der Waals surface area contributed by atoms with E-state index in [0.717, 1.165) is 24.7 Å². The molecule has 0 amide bonds. The molecular formula is C22H26F3N3O4. The fraction of sp³-hybridized carbons (Fsp3) is 0.455. The number of pyridine rings is 1. The number of carbonyl (C=O) groups excluding carboxylic acids is 1. The van der Waals surface area contributed by atoms with E-state index in [4.69, 9.17) is 9.47 Å². The smallest absolute Gasteiger partial charge is 0.387 e. The molecule has 0 radical (unpaired) electrons. The van der Waals surface area contributed by atoms with Gasteiger partial charge in [0, 0.05) is 50.7 Å². The maximum Gasteiger partial charge on any atom is 0.387 e. The van der Waals surface area contributed by atoms with E-state index < -0.39 is 18.2 Å². The van der Waals surface area contributed by atoms with Gasteiger partial charge in [-0.15, -0.1) is 0 Å². The van der Waals surface area contributed by atoms with Crippen LogP contribution in [0.25, 0.3) is 11.1 Å². The predicted molar refractivity (Wildman–Crippen MR) is 111 cm³/mol. The minimum absolute atomic E-state index is 0.294. The molecule has 1 aliphatic rings. The van der Waals surface area contributed by atoms with Gasteiger partial charge < -0.3 is 14.2 Å². The van der Waals surface area contributed by atoms with Crippen LogP contribution in [0.4, 0.5) is 13.2 Å². The largest absolute Gasteiger partial charge is 0.462 e. The van der Waals surface area contributed by atoms with Gasteiger partial charge in [0.25, 0.3) is 6.47 Å². The molecule has 1 aromatic heterocycles. The number of nitrogens with zero attached hydrogens (tertiary/aromatic N) is 3. The molecular weight excluding hydrogens is 427 g/mol. The number of morpholine rings is 1. The third-order valence-corrected chi connectivity index (χ3v) is 5.06. The monoisotopic (exact) mass is 453 g/mol. The molecule has 0 spiro atoms. The van der Waals surface area contributed by atoms with Crippen molar-refractivity contribution in [1.82, 2.24) is 14.8 Å². The van der Waals surface area contributed by atoms with Gasteiger partial charge in [-0.2, -0.15) is 8.78 Å². The second-order valence-electron chi connectivity index (χ2n) is 7.57. The van der Waals surface area contributed by atoms with Crippen molar-refractivity contribution in [3.8, 4) is 16.9 Å². The number of hydrogen-bond donors (Lipinski definition) is 0. The number of alkyl halides is 2. The van der Waals surface area contributed by atoms with Gasteiger partial charge in [0.2, 0.25) is 0 Å². The lowest BCUT2D eigenvalue weighted by Gasteiger charge is -2.31. The zero-order valence-electron chi connectivity index (χ0n) is 17.8. The number of halogens is 3. The van der Waals surface area contributed by atoms with Gasteiger partial charge in [0.15, 0.2) is 11.6 Å². The molecule has 1 fully saturated rings. The topological polar surface area (TPSA) is 64.1 Å². The first kappa shape index (κ1) is 24.0.